The Bertz CT molecular complexity index is 342. The van der Waals surface area contributed by atoms with Crippen molar-refractivity contribution in [1.82, 2.24) is 4.90 Å². The minimum absolute atomic E-state index is 0.224. The summed E-state index contributed by atoms with van der Waals surface area (Å²) in [6.45, 7) is 0.0224. The van der Waals surface area contributed by atoms with Gasteiger partial charge < -0.3 is 10.0 Å². The van der Waals surface area contributed by atoms with Gasteiger partial charge in [-0.2, -0.15) is 0 Å². The number of benzene rings is 1. The molecule has 0 atom stereocenters. The smallest absolute Gasteiger partial charge is 0.407 e. The molecule has 0 fully saturated rings. The first kappa shape index (κ1) is 13.0. The predicted molar refractivity (Wildman–Crippen MR) is 63.2 cm³/mol. The Morgan fingerprint density at radius 2 is 2.00 bits per heavy atom. The summed E-state index contributed by atoms with van der Waals surface area (Å²) in [7, 11) is 0. The molecular formula is C11H13BrFNO2. The van der Waals surface area contributed by atoms with Crippen molar-refractivity contribution in [3.8, 4) is 0 Å². The van der Waals surface area contributed by atoms with E-state index in [4.69, 9.17) is 5.11 Å². The number of alkyl halides is 1. The Hall–Kier alpha value is -1.10. The molecule has 1 aromatic carbocycles. The van der Waals surface area contributed by atoms with E-state index in [9.17, 15) is 9.18 Å². The van der Waals surface area contributed by atoms with Crippen LogP contribution < -0.4 is 0 Å². The van der Waals surface area contributed by atoms with Crippen molar-refractivity contribution in [2.24, 2.45) is 0 Å². The van der Waals surface area contributed by atoms with E-state index >= 15 is 0 Å². The number of hydrogen-bond acceptors (Lipinski definition) is 1. The van der Waals surface area contributed by atoms with Crippen LogP contribution in [0.4, 0.5) is 9.18 Å². The van der Waals surface area contributed by atoms with Crippen LogP contribution in [0, 0.1) is 0 Å². The first-order valence-electron chi connectivity index (χ1n) is 4.91. The molecule has 1 amide bonds. The van der Waals surface area contributed by atoms with Crippen molar-refractivity contribution >= 4 is 22.0 Å². The fraction of sp³-hybridized carbons (Fsp3) is 0.364. The lowest BCUT2D eigenvalue weighted by atomic mass is 10.2. The minimum Gasteiger partial charge on any atom is -0.465 e. The molecule has 1 aromatic rings. The maximum absolute atomic E-state index is 12.0. The predicted octanol–water partition coefficient (Wildman–Crippen LogP) is 3.29. The van der Waals surface area contributed by atoms with Crippen LogP contribution in [0.2, 0.25) is 0 Å². The van der Waals surface area contributed by atoms with Crippen LogP contribution in [0.1, 0.15) is 12.0 Å². The summed E-state index contributed by atoms with van der Waals surface area (Å²) in [6, 6.07) is 7.39. The van der Waals surface area contributed by atoms with Crippen LogP contribution in [0.25, 0.3) is 0 Å². The van der Waals surface area contributed by atoms with Gasteiger partial charge in [-0.1, -0.05) is 28.1 Å². The Morgan fingerprint density at radius 1 is 1.38 bits per heavy atom. The molecule has 1 rings (SSSR count). The Labute approximate surface area is 102 Å². The normalized spacial score (nSPS) is 10.1. The van der Waals surface area contributed by atoms with Gasteiger partial charge in [-0.3, -0.25) is 4.39 Å². The van der Waals surface area contributed by atoms with Crippen molar-refractivity contribution < 1.29 is 14.3 Å². The van der Waals surface area contributed by atoms with Gasteiger partial charge in [0.2, 0.25) is 0 Å². The van der Waals surface area contributed by atoms with Crippen LogP contribution in [0.3, 0.4) is 0 Å². The van der Waals surface area contributed by atoms with Crippen molar-refractivity contribution in [2.75, 3.05) is 13.2 Å². The summed E-state index contributed by atoms with van der Waals surface area (Å²) >= 11 is 3.30. The zero-order valence-corrected chi connectivity index (χ0v) is 10.3. The van der Waals surface area contributed by atoms with Crippen LogP contribution >= 0.6 is 15.9 Å². The third-order valence-electron chi connectivity index (χ3n) is 2.12. The van der Waals surface area contributed by atoms with Crippen LogP contribution in [0.5, 0.6) is 0 Å². The molecule has 5 heteroatoms. The van der Waals surface area contributed by atoms with Crippen molar-refractivity contribution in [3.05, 3.63) is 34.3 Å². The fourth-order valence-electron chi connectivity index (χ4n) is 1.30. The monoisotopic (exact) mass is 289 g/mol. The first-order chi connectivity index (χ1) is 7.63. The molecule has 0 bridgehead atoms. The van der Waals surface area contributed by atoms with E-state index < -0.39 is 12.8 Å². The van der Waals surface area contributed by atoms with Crippen LogP contribution in [0.15, 0.2) is 28.7 Å². The maximum Gasteiger partial charge on any atom is 0.407 e. The second kappa shape index (κ2) is 6.48. The molecule has 0 aliphatic rings. The largest absolute Gasteiger partial charge is 0.465 e. The second-order valence-corrected chi connectivity index (χ2v) is 4.29. The Kier molecular flexibility index (Phi) is 5.25. The number of carbonyl (C=O) groups is 1. The quantitative estimate of drug-likeness (QED) is 0.904. The number of nitrogens with zero attached hydrogens (tertiary/aromatic N) is 1. The van der Waals surface area contributed by atoms with Crippen molar-refractivity contribution in [1.29, 1.82) is 0 Å². The van der Waals surface area contributed by atoms with Gasteiger partial charge in [-0.05, 0) is 24.1 Å². The average Bonchev–Trinajstić information content (AvgIpc) is 2.26. The van der Waals surface area contributed by atoms with E-state index in [0.29, 0.717) is 6.54 Å². The topological polar surface area (TPSA) is 40.5 Å². The molecule has 0 aromatic heterocycles. The molecule has 3 nitrogen and oxygen atoms in total. The molecule has 0 saturated carbocycles. The van der Waals surface area contributed by atoms with Crippen molar-refractivity contribution in [3.63, 3.8) is 0 Å². The van der Waals surface area contributed by atoms with Gasteiger partial charge in [0, 0.05) is 17.6 Å². The summed E-state index contributed by atoms with van der Waals surface area (Å²) in [5.41, 5.74) is 0.893. The number of halogens is 2. The van der Waals surface area contributed by atoms with Gasteiger partial charge in [-0.25, -0.2) is 4.79 Å². The highest BCUT2D eigenvalue weighted by Gasteiger charge is 2.11. The van der Waals surface area contributed by atoms with Gasteiger partial charge in [0.1, 0.15) is 0 Å². The highest BCUT2D eigenvalue weighted by atomic mass is 79.9. The molecule has 0 unspecified atom stereocenters. The Balaban J connectivity index is 2.60. The molecular weight excluding hydrogens is 277 g/mol. The SMILES string of the molecule is O=C(O)N(CCCF)Cc1ccc(Br)cc1. The minimum atomic E-state index is -1.02. The van der Waals surface area contributed by atoms with Crippen LogP contribution in [-0.4, -0.2) is 29.3 Å². The van der Waals surface area contributed by atoms with Crippen LogP contribution in [-0.2, 0) is 6.54 Å². The number of amides is 1. The van der Waals surface area contributed by atoms with Gasteiger partial charge in [-0.15, -0.1) is 0 Å². The molecule has 0 saturated heterocycles. The highest BCUT2D eigenvalue weighted by molar-refractivity contribution is 9.10. The van der Waals surface area contributed by atoms with Gasteiger partial charge in [0.25, 0.3) is 0 Å². The zero-order valence-electron chi connectivity index (χ0n) is 8.70. The maximum atomic E-state index is 12.0. The Morgan fingerprint density at radius 3 is 2.50 bits per heavy atom. The molecule has 88 valence electrons. The van der Waals surface area contributed by atoms with E-state index in [1.165, 1.54) is 4.90 Å². The molecule has 1 N–H and O–H groups in total. The number of carboxylic acid groups (broad SMARTS) is 1. The van der Waals surface area contributed by atoms with Gasteiger partial charge in [0.15, 0.2) is 0 Å². The van der Waals surface area contributed by atoms with E-state index in [-0.39, 0.29) is 13.0 Å². The van der Waals surface area contributed by atoms with E-state index in [1.54, 1.807) is 0 Å². The summed E-state index contributed by atoms with van der Waals surface area (Å²) in [6.07, 6.45) is -0.778. The third-order valence-corrected chi connectivity index (χ3v) is 2.65. The number of rotatable bonds is 5. The van der Waals surface area contributed by atoms with Gasteiger partial charge >= 0.3 is 6.09 Å². The summed E-state index contributed by atoms with van der Waals surface area (Å²) in [5, 5.41) is 8.91. The second-order valence-electron chi connectivity index (χ2n) is 3.37. The highest BCUT2D eigenvalue weighted by Crippen LogP contribution is 2.12. The molecule has 0 aliphatic carbocycles. The molecule has 0 radical (unpaired) electrons. The van der Waals surface area contributed by atoms with Gasteiger partial charge in [0.05, 0.1) is 6.67 Å². The van der Waals surface area contributed by atoms with E-state index in [0.717, 1.165) is 10.0 Å². The standard InChI is InChI=1S/C11H13BrFNO2/c12-10-4-2-9(3-5-10)8-14(11(15)16)7-1-6-13/h2-5H,1,6-8H2,(H,15,16). The zero-order chi connectivity index (χ0) is 12.0. The average molecular weight is 290 g/mol. The summed E-state index contributed by atoms with van der Waals surface area (Å²) in [4.78, 5) is 12.1. The summed E-state index contributed by atoms with van der Waals surface area (Å²) in [5.74, 6) is 0. The molecule has 0 heterocycles. The van der Waals surface area contributed by atoms with E-state index in [2.05, 4.69) is 15.9 Å². The van der Waals surface area contributed by atoms with E-state index in [1.807, 2.05) is 24.3 Å². The lowest BCUT2D eigenvalue weighted by Gasteiger charge is -2.18. The molecule has 0 aliphatic heterocycles. The first-order valence-corrected chi connectivity index (χ1v) is 5.71. The lowest BCUT2D eigenvalue weighted by Crippen LogP contribution is -2.30. The molecule has 16 heavy (non-hydrogen) atoms. The lowest BCUT2D eigenvalue weighted by molar-refractivity contribution is 0.140. The van der Waals surface area contributed by atoms with Crippen molar-refractivity contribution in [2.45, 2.75) is 13.0 Å². The fourth-order valence-corrected chi connectivity index (χ4v) is 1.57. The summed E-state index contributed by atoms with van der Waals surface area (Å²) < 4.78 is 12.9. The third kappa shape index (κ3) is 4.18. The molecule has 0 spiro atoms. The number of hydrogen-bond donors (Lipinski definition) is 1.